The topological polar surface area (TPSA) is 83.2 Å². The van der Waals surface area contributed by atoms with E-state index in [4.69, 9.17) is 4.74 Å². The molecule has 2 rings (SSSR count). The van der Waals surface area contributed by atoms with E-state index in [1.54, 1.807) is 6.07 Å². The second-order valence-electron chi connectivity index (χ2n) is 5.51. The lowest BCUT2D eigenvalue weighted by Gasteiger charge is -2.22. The lowest BCUT2D eigenvalue weighted by atomic mass is 10.0. The average Bonchev–Trinajstić information content (AvgIpc) is 2.98. The van der Waals surface area contributed by atoms with Gasteiger partial charge in [0.25, 0.3) is 0 Å². The summed E-state index contributed by atoms with van der Waals surface area (Å²) in [5, 5.41) is 3.23. The number of aromatic amines is 1. The molecule has 1 aliphatic heterocycles. The van der Waals surface area contributed by atoms with Crippen LogP contribution in [0, 0.1) is 0 Å². The first-order valence-electron chi connectivity index (χ1n) is 6.95. The zero-order valence-electron chi connectivity index (χ0n) is 12.0. The van der Waals surface area contributed by atoms with Crippen molar-refractivity contribution in [2.45, 2.75) is 43.7 Å². The molecule has 7 heteroatoms. The predicted molar refractivity (Wildman–Crippen MR) is 77.0 cm³/mol. The van der Waals surface area contributed by atoms with E-state index < -0.39 is 15.6 Å². The second-order valence-corrected chi connectivity index (χ2v) is 7.19. The summed E-state index contributed by atoms with van der Waals surface area (Å²) < 4.78 is 32.7. The number of nitrogens with one attached hydrogen (secondary N) is 3. The third-order valence-corrected chi connectivity index (χ3v) is 4.99. The normalized spacial score (nSPS) is 23.3. The molecule has 1 unspecified atom stereocenters. The Labute approximate surface area is 120 Å². The molecule has 1 aromatic rings. The predicted octanol–water partition coefficient (Wildman–Crippen LogP) is 0.972. The molecule has 1 aromatic heterocycles. The third kappa shape index (κ3) is 3.82. The minimum atomic E-state index is -3.50. The van der Waals surface area contributed by atoms with Crippen LogP contribution in [0.2, 0.25) is 0 Å². The summed E-state index contributed by atoms with van der Waals surface area (Å²) in [4.78, 5) is 3.27. The first kappa shape index (κ1) is 15.5. The summed E-state index contributed by atoms with van der Waals surface area (Å²) in [6.07, 6.45) is 3.28. The van der Waals surface area contributed by atoms with Crippen LogP contribution in [-0.2, 0) is 21.3 Å². The maximum Gasteiger partial charge on any atom is 0.242 e. The fraction of sp³-hybridized carbons (Fsp3) is 0.692. The Hall–Kier alpha value is -0.890. The highest BCUT2D eigenvalue weighted by molar-refractivity contribution is 7.89. The van der Waals surface area contributed by atoms with Crippen molar-refractivity contribution in [1.82, 2.24) is 15.0 Å². The highest BCUT2D eigenvalue weighted by Gasteiger charge is 2.34. The van der Waals surface area contributed by atoms with Crippen molar-refractivity contribution in [3.63, 3.8) is 0 Å². The summed E-state index contributed by atoms with van der Waals surface area (Å²) in [7, 11) is -3.50. The van der Waals surface area contributed by atoms with Crippen molar-refractivity contribution in [2.75, 3.05) is 19.8 Å². The van der Waals surface area contributed by atoms with Crippen molar-refractivity contribution < 1.29 is 13.2 Å². The van der Waals surface area contributed by atoms with Gasteiger partial charge in [0.1, 0.15) is 0 Å². The summed E-state index contributed by atoms with van der Waals surface area (Å²) in [5.41, 5.74) is 0.364. The number of hydrogen-bond donors (Lipinski definition) is 3. The Kier molecular flexibility index (Phi) is 4.85. The van der Waals surface area contributed by atoms with Crippen molar-refractivity contribution in [1.29, 1.82) is 0 Å². The molecule has 0 aromatic carbocycles. The van der Waals surface area contributed by atoms with Gasteiger partial charge in [-0.1, -0.05) is 6.92 Å². The highest BCUT2D eigenvalue weighted by atomic mass is 32.2. The molecule has 1 atom stereocenters. The van der Waals surface area contributed by atoms with E-state index in [2.05, 4.69) is 21.9 Å². The molecule has 0 saturated carbocycles. The van der Waals surface area contributed by atoms with E-state index in [0.717, 1.165) is 18.7 Å². The van der Waals surface area contributed by atoms with Gasteiger partial charge in [-0.25, -0.2) is 13.1 Å². The molecule has 2 heterocycles. The van der Waals surface area contributed by atoms with Crippen molar-refractivity contribution in [3.8, 4) is 0 Å². The molecular formula is C13H23N3O3S. The van der Waals surface area contributed by atoms with E-state index in [-0.39, 0.29) is 4.90 Å². The summed E-state index contributed by atoms with van der Waals surface area (Å²) in [6.45, 7) is 6.53. The van der Waals surface area contributed by atoms with Gasteiger partial charge in [0.2, 0.25) is 10.0 Å². The van der Waals surface area contributed by atoms with Gasteiger partial charge in [0, 0.05) is 25.0 Å². The Bertz CT molecular complexity index is 533. The number of rotatable bonds is 7. The van der Waals surface area contributed by atoms with Gasteiger partial charge in [-0.2, -0.15) is 0 Å². The quantitative estimate of drug-likeness (QED) is 0.655. The summed E-state index contributed by atoms with van der Waals surface area (Å²) in [6, 6.07) is 1.67. The molecule has 0 bridgehead atoms. The first-order chi connectivity index (χ1) is 9.45. The standard InChI is InChI=1S/C13H23N3O3S/c1-3-5-14-8-11-7-12(9-15-11)20(17,18)16-13(2)4-6-19-10-13/h7,9,14-16H,3-6,8,10H2,1-2H3. The van der Waals surface area contributed by atoms with Crippen LogP contribution < -0.4 is 10.0 Å². The Morgan fingerprint density at radius 2 is 2.30 bits per heavy atom. The largest absolute Gasteiger partial charge is 0.379 e. The minimum absolute atomic E-state index is 0.277. The number of H-pyrrole nitrogens is 1. The number of hydrogen-bond acceptors (Lipinski definition) is 4. The summed E-state index contributed by atoms with van der Waals surface area (Å²) in [5.74, 6) is 0. The molecule has 3 N–H and O–H groups in total. The number of sulfonamides is 1. The van der Waals surface area contributed by atoms with Gasteiger partial charge in [0.05, 0.1) is 17.0 Å². The smallest absolute Gasteiger partial charge is 0.242 e. The van der Waals surface area contributed by atoms with Gasteiger partial charge in [-0.3, -0.25) is 0 Å². The van der Waals surface area contributed by atoms with Crippen LogP contribution in [0.25, 0.3) is 0 Å². The molecule has 20 heavy (non-hydrogen) atoms. The van der Waals surface area contributed by atoms with E-state index in [0.29, 0.717) is 26.2 Å². The SMILES string of the molecule is CCCNCc1cc(S(=O)(=O)NC2(C)CCOC2)c[nH]1. The van der Waals surface area contributed by atoms with Gasteiger partial charge < -0.3 is 15.0 Å². The van der Waals surface area contributed by atoms with Gasteiger partial charge in [-0.15, -0.1) is 0 Å². The van der Waals surface area contributed by atoms with E-state index in [9.17, 15) is 8.42 Å². The van der Waals surface area contributed by atoms with Crippen LogP contribution in [0.5, 0.6) is 0 Å². The van der Waals surface area contributed by atoms with Gasteiger partial charge in [-0.05, 0) is 32.4 Å². The molecule has 1 fully saturated rings. The van der Waals surface area contributed by atoms with Crippen LogP contribution in [0.4, 0.5) is 0 Å². The van der Waals surface area contributed by atoms with Crippen LogP contribution in [0.15, 0.2) is 17.2 Å². The Morgan fingerprint density at radius 3 is 2.95 bits per heavy atom. The van der Waals surface area contributed by atoms with E-state index >= 15 is 0 Å². The molecule has 0 aliphatic carbocycles. The lowest BCUT2D eigenvalue weighted by Crippen LogP contribution is -2.46. The fourth-order valence-corrected chi connectivity index (χ4v) is 3.65. The van der Waals surface area contributed by atoms with E-state index in [1.807, 2.05) is 6.92 Å². The van der Waals surface area contributed by atoms with Gasteiger partial charge >= 0.3 is 0 Å². The monoisotopic (exact) mass is 301 g/mol. The first-order valence-corrected chi connectivity index (χ1v) is 8.43. The highest BCUT2D eigenvalue weighted by Crippen LogP contribution is 2.21. The maximum absolute atomic E-state index is 12.3. The molecule has 0 spiro atoms. The molecule has 114 valence electrons. The van der Waals surface area contributed by atoms with Crippen LogP contribution >= 0.6 is 0 Å². The van der Waals surface area contributed by atoms with E-state index in [1.165, 1.54) is 6.20 Å². The third-order valence-electron chi connectivity index (χ3n) is 3.37. The molecule has 0 amide bonds. The Morgan fingerprint density at radius 1 is 1.50 bits per heavy atom. The summed E-state index contributed by atoms with van der Waals surface area (Å²) >= 11 is 0. The lowest BCUT2D eigenvalue weighted by molar-refractivity contribution is 0.178. The molecule has 1 saturated heterocycles. The van der Waals surface area contributed by atoms with Crippen LogP contribution in [0.1, 0.15) is 32.4 Å². The van der Waals surface area contributed by atoms with Crippen LogP contribution in [0.3, 0.4) is 0 Å². The van der Waals surface area contributed by atoms with Gasteiger partial charge in [0.15, 0.2) is 0 Å². The van der Waals surface area contributed by atoms with Crippen molar-refractivity contribution >= 4 is 10.0 Å². The number of aromatic nitrogens is 1. The van der Waals surface area contributed by atoms with Crippen molar-refractivity contribution in [2.24, 2.45) is 0 Å². The molecule has 6 nitrogen and oxygen atoms in total. The minimum Gasteiger partial charge on any atom is -0.379 e. The zero-order chi connectivity index (χ0) is 14.6. The molecular weight excluding hydrogens is 278 g/mol. The second kappa shape index (κ2) is 6.26. The zero-order valence-corrected chi connectivity index (χ0v) is 12.8. The fourth-order valence-electron chi connectivity index (χ4n) is 2.21. The number of ether oxygens (including phenoxy) is 1. The van der Waals surface area contributed by atoms with Crippen molar-refractivity contribution in [3.05, 3.63) is 18.0 Å². The molecule has 1 aliphatic rings. The maximum atomic E-state index is 12.3. The molecule has 0 radical (unpaired) electrons. The average molecular weight is 301 g/mol. The Balaban J connectivity index is 2.02. The van der Waals surface area contributed by atoms with Crippen LogP contribution in [-0.4, -0.2) is 38.7 Å².